The molecule has 1 fully saturated rings. The molecule has 0 aliphatic carbocycles. The van der Waals surface area contributed by atoms with Crippen LogP contribution in [0, 0.1) is 5.92 Å². The summed E-state index contributed by atoms with van der Waals surface area (Å²) in [6.45, 7) is 7.05. The predicted octanol–water partition coefficient (Wildman–Crippen LogP) is 1.74. The Morgan fingerprint density at radius 2 is 2.53 bits per heavy atom. The van der Waals surface area contributed by atoms with Crippen molar-refractivity contribution in [2.45, 2.75) is 32.9 Å². The molecular formula is C11H19N3O. The molecule has 1 aromatic heterocycles. The highest BCUT2D eigenvalue weighted by molar-refractivity contribution is 5.26. The molecule has 0 spiro atoms. The van der Waals surface area contributed by atoms with Crippen molar-refractivity contribution < 1.29 is 4.74 Å². The molecule has 15 heavy (non-hydrogen) atoms. The van der Waals surface area contributed by atoms with Crippen LogP contribution in [0.25, 0.3) is 0 Å². The van der Waals surface area contributed by atoms with Crippen molar-refractivity contribution >= 4 is 5.95 Å². The number of nitrogens with one attached hydrogen (secondary N) is 1. The van der Waals surface area contributed by atoms with E-state index in [1.165, 1.54) is 6.42 Å². The zero-order valence-electron chi connectivity index (χ0n) is 9.44. The van der Waals surface area contributed by atoms with Gasteiger partial charge < -0.3 is 14.6 Å². The first-order valence-corrected chi connectivity index (χ1v) is 5.61. The van der Waals surface area contributed by atoms with Gasteiger partial charge in [-0.3, -0.25) is 0 Å². The van der Waals surface area contributed by atoms with Crippen LogP contribution in [0.2, 0.25) is 0 Å². The molecule has 0 saturated carbocycles. The van der Waals surface area contributed by atoms with E-state index in [1.807, 2.05) is 12.4 Å². The highest BCUT2D eigenvalue weighted by Gasteiger charge is 2.17. The molecule has 4 nitrogen and oxygen atoms in total. The van der Waals surface area contributed by atoms with Crippen LogP contribution in [0.3, 0.4) is 0 Å². The Bertz CT molecular complexity index is 303. The molecule has 2 heterocycles. The quantitative estimate of drug-likeness (QED) is 0.821. The van der Waals surface area contributed by atoms with E-state index in [1.54, 1.807) is 0 Å². The maximum absolute atomic E-state index is 5.37. The van der Waals surface area contributed by atoms with Gasteiger partial charge in [0.25, 0.3) is 0 Å². The Morgan fingerprint density at radius 3 is 3.20 bits per heavy atom. The summed E-state index contributed by atoms with van der Waals surface area (Å²) in [5.74, 6) is 1.61. The highest BCUT2D eigenvalue weighted by atomic mass is 16.5. The minimum atomic E-state index is 0.422. The minimum Gasteiger partial charge on any atom is -0.381 e. The smallest absolute Gasteiger partial charge is 0.202 e. The van der Waals surface area contributed by atoms with Gasteiger partial charge >= 0.3 is 0 Å². The summed E-state index contributed by atoms with van der Waals surface area (Å²) < 4.78 is 7.55. The third-order valence-corrected chi connectivity index (χ3v) is 2.61. The van der Waals surface area contributed by atoms with Gasteiger partial charge in [0, 0.05) is 37.5 Å². The second-order valence-corrected chi connectivity index (χ2v) is 4.43. The molecular weight excluding hydrogens is 190 g/mol. The molecule has 1 aromatic rings. The molecule has 1 aliphatic heterocycles. The summed E-state index contributed by atoms with van der Waals surface area (Å²) in [5.41, 5.74) is 0. The summed E-state index contributed by atoms with van der Waals surface area (Å²) in [4.78, 5) is 4.31. The van der Waals surface area contributed by atoms with Gasteiger partial charge in [-0.2, -0.15) is 0 Å². The first-order chi connectivity index (χ1) is 7.25. The third-order valence-electron chi connectivity index (χ3n) is 2.61. The molecule has 0 bridgehead atoms. The number of imidazole rings is 1. The minimum absolute atomic E-state index is 0.422. The number of anilines is 1. The van der Waals surface area contributed by atoms with Crippen LogP contribution in [0.1, 0.15) is 20.3 Å². The monoisotopic (exact) mass is 209 g/mol. The SMILES string of the molecule is CC(C)Nc1nccn1CC1CCOC1. The maximum atomic E-state index is 5.37. The number of hydrogen-bond acceptors (Lipinski definition) is 3. The number of rotatable bonds is 4. The van der Waals surface area contributed by atoms with Crippen molar-refractivity contribution in [1.29, 1.82) is 0 Å². The molecule has 0 aromatic carbocycles. The first kappa shape index (κ1) is 10.5. The van der Waals surface area contributed by atoms with E-state index >= 15 is 0 Å². The second kappa shape index (κ2) is 4.66. The van der Waals surface area contributed by atoms with Gasteiger partial charge in [0.15, 0.2) is 0 Å². The third kappa shape index (κ3) is 2.72. The Morgan fingerprint density at radius 1 is 1.67 bits per heavy atom. The fraction of sp³-hybridized carbons (Fsp3) is 0.727. The van der Waals surface area contributed by atoms with E-state index in [2.05, 4.69) is 28.7 Å². The topological polar surface area (TPSA) is 39.1 Å². The second-order valence-electron chi connectivity index (χ2n) is 4.43. The van der Waals surface area contributed by atoms with Crippen molar-refractivity contribution in [3.8, 4) is 0 Å². The molecule has 0 radical (unpaired) electrons. The van der Waals surface area contributed by atoms with E-state index in [-0.39, 0.29) is 0 Å². The zero-order valence-corrected chi connectivity index (χ0v) is 9.44. The Balaban J connectivity index is 1.97. The molecule has 84 valence electrons. The van der Waals surface area contributed by atoms with Gasteiger partial charge in [0.2, 0.25) is 5.95 Å². The number of nitrogens with zero attached hydrogens (tertiary/aromatic N) is 2. The molecule has 1 N–H and O–H groups in total. The highest BCUT2D eigenvalue weighted by Crippen LogP contribution is 2.17. The lowest BCUT2D eigenvalue weighted by Crippen LogP contribution is -2.17. The lowest BCUT2D eigenvalue weighted by Gasteiger charge is -2.14. The molecule has 1 saturated heterocycles. The number of hydrogen-bond donors (Lipinski definition) is 1. The molecule has 0 amide bonds. The fourth-order valence-corrected chi connectivity index (χ4v) is 1.86. The summed E-state index contributed by atoms with van der Waals surface area (Å²) in [6.07, 6.45) is 5.04. The summed E-state index contributed by atoms with van der Waals surface area (Å²) in [7, 11) is 0. The molecule has 2 rings (SSSR count). The Kier molecular flexibility index (Phi) is 3.26. The van der Waals surface area contributed by atoms with E-state index in [9.17, 15) is 0 Å². The largest absolute Gasteiger partial charge is 0.381 e. The lowest BCUT2D eigenvalue weighted by molar-refractivity contribution is 0.182. The van der Waals surface area contributed by atoms with Crippen LogP contribution < -0.4 is 5.32 Å². The van der Waals surface area contributed by atoms with E-state index in [0.29, 0.717) is 12.0 Å². The van der Waals surface area contributed by atoms with Gasteiger partial charge in [0.05, 0.1) is 6.61 Å². The molecule has 1 atom stereocenters. The van der Waals surface area contributed by atoms with Crippen molar-refractivity contribution in [3.05, 3.63) is 12.4 Å². The van der Waals surface area contributed by atoms with Crippen molar-refractivity contribution in [2.24, 2.45) is 5.92 Å². The number of aromatic nitrogens is 2. The van der Waals surface area contributed by atoms with Crippen LogP contribution in [0.15, 0.2) is 12.4 Å². The lowest BCUT2D eigenvalue weighted by atomic mass is 10.1. The van der Waals surface area contributed by atoms with Crippen molar-refractivity contribution in [1.82, 2.24) is 9.55 Å². The zero-order chi connectivity index (χ0) is 10.7. The van der Waals surface area contributed by atoms with E-state index in [0.717, 1.165) is 25.7 Å². The average molecular weight is 209 g/mol. The van der Waals surface area contributed by atoms with Gasteiger partial charge in [0.1, 0.15) is 0 Å². The van der Waals surface area contributed by atoms with Crippen LogP contribution >= 0.6 is 0 Å². The van der Waals surface area contributed by atoms with E-state index in [4.69, 9.17) is 4.74 Å². The number of ether oxygens (including phenoxy) is 1. The molecule has 4 heteroatoms. The van der Waals surface area contributed by atoms with Crippen molar-refractivity contribution in [3.63, 3.8) is 0 Å². The summed E-state index contributed by atoms with van der Waals surface area (Å²) >= 11 is 0. The van der Waals surface area contributed by atoms with Crippen molar-refractivity contribution in [2.75, 3.05) is 18.5 Å². The van der Waals surface area contributed by atoms with Gasteiger partial charge in [-0.15, -0.1) is 0 Å². The van der Waals surface area contributed by atoms with Crippen LogP contribution in [-0.4, -0.2) is 28.8 Å². The van der Waals surface area contributed by atoms with Gasteiger partial charge in [-0.1, -0.05) is 0 Å². The van der Waals surface area contributed by atoms with E-state index < -0.39 is 0 Å². The predicted molar refractivity (Wildman–Crippen MR) is 59.9 cm³/mol. The fourth-order valence-electron chi connectivity index (χ4n) is 1.86. The normalized spacial score (nSPS) is 21.1. The standard InChI is InChI=1S/C11H19N3O/c1-9(2)13-11-12-4-5-14(11)7-10-3-6-15-8-10/h4-5,9-10H,3,6-8H2,1-2H3,(H,12,13). The van der Waals surface area contributed by atoms with Gasteiger partial charge in [-0.05, 0) is 20.3 Å². The van der Waals surface area contributed by atoms with Crippen LogP contribution in [0.5, 0.6) is 0 Å². The Labute approximate surface area is 90.6 Å². The van der Waals surface area contributed by atoms with Crippen LogP contribution in [-0.2, 0) is 11.3 Å². The van der Waals surface area contributed by atoms with Gasteiger partial charge in [-0.25, -0.2) is 4.98 Å². The summed E-state index contributed by atoms with van der Waals surface area (Å²) in [5, 5.41) is 3.34. The first-order valence-electron chi connectivity index (χ1n) is 5.61. The maximum Gasteiger partial charge on any atom is 0.202 e. The molecule has 1 unspecified atom stereocenters. The summed E-state index contributed by atoms with van der Waals surface area (Å²) in [6, 6.07) is 0.422. The average Bonchev–Trinajstić information content (AvgIpc) is 2.78. The Hall–Kier alpha value is -1.03. The molecule has 1 aliphatic rings. The van der Waals surface area contributed by atoms with Crippen LogP contribution in [0.4, 0.5) is 5.95 Å².